The fourth-order valence-corrected chi connectivity index (χ4v) is 3.79. The van der Waals surface area contributed by atoms with Crippen LogP contribution in [-0.2, 0) is 0 Å². The summed E-state index contributed by atoms with van der Waals surface area (Å²) >= 11 is 6.17. The number of hydrogen-bond donors (Lipinski definition) is 1. The largest absolute Gasteiger partial charge is 0.349 e. The average molecular weight is 439 g/mol. The van der Waals surface area contributed by atoms with Gasteiger partial charge < -0.3 is 5.32 Å². The third-order valence-electron chi connectivity index (χ3n) is 5.43. The Morgan fingerprint density at radius 1 is 1.13 bits per heavy atom. The fourth-order valence-electron chi connectivity index (χ4n) is 3.55. The molecule has 0 aliphatic heterocycles. The van der Waals surface area contributed by atoms with E-state index in [1.54, 1.807) is 41.8 Å². The van der Waals surface area contributed by atoms with E-state index in [2.05, 4.69) is 15.5 Å². The maximum atomic E-state index is 14.6. The van der Waals surface area contributed by atoms with Crippen molar-refractivity contribution in [3.8, 4) is 22.5 Å². The third-order valence-corrected chi connectivity index (χ3v) is 5.74. The van der Waals surface area contributed by atoms with Crippen LogP contribution in [0.4, 0.5) is 8.78 Å². The van der Waals surface area contributed by atoms with Gasteiger partial charge in [0.1, 0.15) is 11.6 Å². The molecule has 1 saturated carbocycles. The molecule has 2 heterocycles. The minimum absolute atomic E-state index is 0.158. The minimum atomic E-state index is -0.502. The molecule has 2 aromatic carbocycles. The van der Waals surface area contributed by atoms with Gasteiger partial charge in [-0.3, -0.25) is 9.20 Å². The highest BCUT2D eigenvalue weighted by atomic mass is 35.5. The molecule has 156 valence electrons. The molecule has 5 rings (SSSR count). The highest BCUT2D eigenvalue weighted by Crippen LogP contribution is 2.32. The van der Waals surface area contributed by atoms with Gasteiger partial charge in [-0.05, 0) is 72.9 Å². The Morgan fingerprint density at radius 2 is 1.94 bits per heavy atom. The van der Waals surface area contributed by atoms with Crippen LogP contribution < -0.4 is 5.32 Å². The molecule has 1 N–H and O–H groups in total. The lowest BCUT2D eigenvalue weighted by molar-refractivity contribution is 0.0950. The van der Waals surface area contributed by atoms with Gasteiger partial charge in [0.15, 0.2) is 11.5 Å². The van der Waals surface area contributed by atoms with E-state index in [1.165, 1.54) is 18.2 Å². The number of carbonyl (C=O) groups excluding carboxylic acids is 1. The summed E-state index contributed by atoms with van der Waals surface area (Å²) in [5, 5.41) is 11.3. The number of nitrogens with zero attached hydrogens (tertiary/aromatic N) is 3. The Bertz CT molecular complexity index is 1330. The molecule has 5 nitrogen and oxygen atoms in total. The molecule has 0 bridgehead atoms. The minimum Gasteiger partial charge on any atom is -0.349 e. The molecule has 0 spiro atoms. The van der Waals surface area contributed by atoms with Gasteiger partial charge in [-0.25, -0.2) is 8.78 Å². The van der Waals surface area contributed by atoms with Gasteiger partial charge in [-0.1, -0.05) is 17.7 Å². The van der Waals surface area contributed by atoms with E-state index in [0.29, 0.717) is 22.3 Å². The predicted molar refractivity (Wildman–Crippen MR) is 114 cm³/mol. The molecule has 1 fully saturated rings. The number of fused-ring (bicyclic) bond motifs is 1. The number of pyridine rings is 1. The molecule has 31 heavy (non-hydrogen) atoms. The third kappa shape index (κ3) is 3.55. The van der Waals surface area contributed by atoms with E-state index in [0.717, 1.165) is 12.8 Å². The van der Waals surface area contributed by atoms with E-state index in [9.17, 15) is 13.6 Å². The lowest BCUT2D eigenvalue weighted by Crippen LogP contribution is -2.25. The number of nitrogens with one attached hydrogen (secondary N) is 1. The van der Waals surface area contributed by atoms with Crippen molar-refractivity contribution in [1.82, 2.24) is 19.9 Å². The number of carbonyl (C=O) groups is 1. The smallest absolute Gasteiger partial charge is 0.251 e. The zero-order valence-corrected chi connectivity index (χ0v) is 17.3. The van der Waals surface area contributed by atoms with Crippen LogP contribution in [-0.4, -0.2) is 26.5 Å². The van der Waals surface area contributed by atoms with E-state index in [4.69, 9.17) is 11.6 Å². The van der Waals surface area contributed by atoms with Crippen LogP contribution in [0.2, 0.25) is 5.02 Å². The molecule has 1 aliphatic carbocycles. The molecule has 8 heteroatoms. The Morgan fingerprint density at radius 3 is 2.68 bits per heavy atom. The molecular weight excluding hydrogens is 422 g/mol. The predicted octanol–water partition coefficient (Wildman–Crippen LogP) is 5.20. The second-order valence-corrected chi connectivity index (χ2v) is 8.05. The van der Waals surface area contributed by atoms with E-state index in [1.807, 2.05) is 0 Å². The van der Waals surface area contributed by atoms with Crippen LogP contribution in [0.1, 0.15) is 28.8 Å². The maximum absolute atomic E-state index is 14.6. The quantitative estimate of drug-likeness (QED) is 0.476. The number of amides is 1. The topological polar surface area (TPSA) is 59.3 Å². The van der Waals surface area contributed by atoms with Crippen molar-refractivity contribution >= 4 is 23.2 Å². The van der Waals surface area contributed by atoms with Gasteiger partial charge in [0.25, 0.3) is 5.91 Å². The van der Waals surface area contributed by atoms with Crippen LogP contribution in [0.3, 0.4) is 0 Å². The first-order chi connectivity index (χ1) is 14.9. The van der Waals surface area contributed by atoms with Crippen LogP contribution in [0.15, 0.2) is 48.7 Å². The number of hydrogen-bond acceptors (Lipinski definition) is 3. The zero-order valence-electron chi connectivity index (χ0n) is 16.5. The number of halogens is 3. The molecule has 2 aromatic heterocycles. The van der Waals surface area contributed by atoms with Gasteiger partial charge in [-0.15, -0.1) is 10.2 Å². The summed E-state index contributed by atoms with van der Waals surface area (Å²) in [6.45, 7) is 1.66. The van der Waals surface area contributed by atoms with Crippen molar-refractivity contribution in [2.24, 2.45) is 0 Å². The molecule has 0 atom stereocenters. The number of aromatic nitrogens is 3. The van der Waals surface area contributed by atoms with Gasteiger partial charge in [0.2, 0.25) is 0 Å². The highest BCUT2D eigenvalue weighted by Gasteiger charge is 2.25. The lowest BCUT2D eigenvalue weighted by atomic mass is 9.98. The molecule has 4 aromatic rings. The Kier molecular flexibility index (Phi) is 4.70. The molecule has 0 unspecified atom stereocenters. The van der Waals surface area contributed by atoms with Crippen LogP contribution in [0.25, 0.3) is 28.2 Å². The summed E-state index contributed by atoms with van der Waals surface area (Å²) in [7, 11) is 0. The van der Waals surface area contributed by atoms with Crippen molar-refractivity contribution in [1.29, 1.82) is 0 Å². The second kappa shape index (κ2) is 7.42. The summed E-state index contributed by atoms with van der Waals surface area (Å²) in [5.74, 6) is -0.982. The average Bonchev–Trinajstić information content (AvgIpc) is 3.47. The first-order valence-corrected chi connectivity index (χ1v) is 10.2. The van der Waals surface area contributed by atoms with Crippen molar-refractivity contribution in [2.75, 3.05) is 0 Å². The van der Waals surface area contributed by atoms with Crippen molar-refractivity contribution < 1.29 is 13.6 Å². The monoisotopic (exact) mass is 438 g/mol. The summed E-state index contributed by atoms with van der Waals surface area (Å²) < 4.78 is 30.6. The summed E-state index contributed by atoms with van der Waals surface area (Å²) in [5.41, 5.74) is 2.54. The summed E-state index contributed by atoms with van der Waals surface area (Å²) in [6, 6.07) is 11.0. The number of benzene rings is 2. The highest BCUT2D eigenvalue weighted by molar-refractivity contribution is 6.33. The second-order valence-electron chi connectivity index (χ2n) is 7.64. The van der Waals surface area contributed by atoms with Gasteiger partial charge in [0, 0.05) is 17.8 Å². The maximum Gasteiger partial charge on any atom is 0.251 e. The SMILES string of the molecule is Cc1c(F)cc(C(=O)NC2CC2)cc1-c1ccn2c(-c3c(F)cccc3Cl)nnc2c1. The van der Waals surface area contributed by atoms with Crippen LogP contribution >= 0.6 is 11.6 Å². The van der Waals surface area contributed by atoms with Crippen molar-refractivity contribution in [2.45, 2.75) is 25.8 Å². The Hall–Kier alpha value is -3.32. The Balaban J connectivity index is 1.59. The lowest BCUT2D eigenvalue weighted by Gasteiger charge is -2.11. The van der Waals surface area contributed by atoms with E-state index in [-0.39, 0.29) is 33.9 Å². The van der Waals surface area contributed by atoms with Gasteiger partial charge in [-0.2, -0.15) is 0 Å². The summed E-state index contributed by atoms with van der Waals surface area (Å²) in [6.07, 6.45) is 3.58. The molecule has 0 saturated heterocycles. The van der Waals surface area contributed by atoms with Crippen molar-refractivity contribution in [3.05, 3.63) is 76.4 Å². The first-order valence-electron chi connectivity index (χ1n) is 9.83. The normalized spacial score (nSPS) is 13.5. The van der Waals surface area contributed by atoms with E-state index < -0.39 is 11.6 Å². The van der Waals surface area contributed by atoms with Crippen molar-refractivity contribution in [3.63, 3.8) is 0 Å². The fraction of sp³-hybridized carbons (Fsp3) is 0.174. The molecule has 0 radical (unpaired) electrons. The van der Waals surface area contributed by atoms with E-state index >= 15 is 0 Å². The Labute approximate surface area is 181 Å². The molecule has 1 amide bonds. The first kappa shape index (κ1) is 19.6. The van der Waals surface area contributed by atoms with Gasteiger partial charge in [0.05, 0.1) is 10.6 Å². The molecule has 1 aliphatic rings. The van der Waals surface area contributed by atoms with Crippen LogP contribution in [0.5, 0.6) is 0 Å². The molecular formula is C23H17ClF2N4O. The standard InChI is InChI=1S/C23H17ClF2N4O/c1-12-16(9-14(10-19(12)26)23(31)27-15-5-6-15)13-7-8-30-20(11-13)28-29-22(30)21-17(24)3-2-4-18(21)25/h2-4,7-11,15H,5-6H2,1H3,(H,27,31). The van der Waals surface area contributed by atoms with Crippen LogP contribution in [0, 0.1) is 18.6 Å². The zero-order chi connectivity index (χ0) is 21.7. The summed E-state index contributed by atoms with van der Waals surface area (Å²) in [4.78, 5) is 12.4. The number of rotatable bonds is 4. The van der Waals surface area contributed by atoms with Gasteiger partial charge >= 0.3 is 0 Å².